The molecular weight excluding hydrogens is 412 g/mol. The second kappa shape index (κ2) is 11.8. The standard InChI is InChI=1S/C27H30N4O2/c1-2-3-25-20-30(26(32)14-12-21-4-8-23(18-28)9-5-21)16-17-31(25)27(33)15-13-22-6-10-24(19-29)11-7-22/h4-11,25H,2-3,12-17,20H2,1H3/t25-/m1/s1. The van der Waals surface area contributed by atoms with Gasteiger partial charge < -0.3 is 9.80 Å². The molecule has 2 aromatic carbocycles. The monoisotopic (exact) mass is 442 g/mol. The van der Waals surface area contributed by atoms with Gasteiger partial charge in [-0.3, -0.25) is 9.59 Å². The van der Waals surface area contributed by atoms with Gasteiger partial charge in [-0.2, -0.15) is 10.5 Å². The summed E-state index contributed by atoms with van der Waals surface area (Å²) >= 11 is 0. The van der Waals surface area contributed by atoms with Crippen molar-refractivity contribution in [3.8, 4) is 12.1 Å². The maximum absolute atomic E-state index is 13.0. The fourth-order valence-electron chi connectivity index (χ4n) is 4.29. The number of carbonyl (C=O) groups excluding carboxylic acids is 2. The van der Waals surface area contributed by atoms with Crippen LogP contribution in [0.5, 0.6) is 0 Å². The summed E-state index contributed by atoms with van der Waals surface area (Å²) in [5.74, 6) is 0.243. The number of hydrogen-bond donors (Lipinski definition) is 0. The Morgan fingerprint density at radius 1 is 0.848 bits per heavy atom. The van der Waals surface area contributed by atoms with E-state index in [2.05, 4.69) is 19.1 Å². The highest BCUT2D eigenvalue weighted by atomic mass is 16.2. The lowest BCUT2D eigenvalue weighted by Gasteiger charge is -2.41. The summed E-state index contributed by atoms with van der Waals surface area (Å²) in [6.07, 6.45) is 3.98. The van der Waals surface area contributed by atoms with Crippen LogP contribution in [0.25, 0.3) is 0 Å². The number of carbonyl (C=O) groups is 2. The molecule has 0 aliphatic carbocycles. The zero-order valence-electron chi connectivity index (χ0n) is 19.2. The van der Waals surface area contributed by atoms with Gasteiger partial charge in [-0.25, -0.2) is 0 Å². The zero-order valence-corrected chi connectivity index (χ0v) is 19.2. The van der Waals surface area contributed by atoms with Crippen LogP contribution in [-0.2, 0) is 22.4 Å². The molecule has 6 nitrogen and oxygen atoms in total. The maximum Gasteiger partial charge on any atom is 0.223 e. The molecule has 2 amide bonds. The van der Waals surface area contributed by atoms with Gasteiger partial charge in [0.1, 0.15) is 0 Å². The Bertz CT molecular complexity index is 1030. The molecule has 0 saturated carbocycles. The van der Waals surface area contributed by atoms with E-state index in [4.69, 9.17) is 10.5 Å². The molecule has 0 N–H and O–H groups in total. The van der Waals surface area contributed by atoms with Crippen LogP contribution < -0.4 is 0 Å². The van der Waals surface area contributed by atoms with Crippen molar-refractivity contribution >= 4 is 11.8 Å². The molecule has 1 saturated heterocycles. The van der Waals surface area contributed by atoms with Crippen molar-refractivity contribution in [1.29, 1.82) is 10.5 Å². The Kier molecular flexibility index (Phi) is 8.61. The van der Waals surface area contributed by atoms with Crippen molar-refractivity contribution in [2.24, 2.45) is 0 Å². The van der Waals surface area contributed by atoms with Crippen LogP contribution in [0, 0.1) is 22.7 Å². The fraction of sp³-hybridized carbons (Fsp3) is 0.407. The van der Waals surface area contributed by atoms with Gasteiger partial charge >= 0.3 is 0 Å². The van der Waals surface area contributed by atoms with Crippen LogP contribution in [0.3, 0.4) is 0 Å². The minimum absolute atomic E-state index is 0.0519. The molecule has 0 spiro atoms. The molecule has 0 bridgehead atoms. The van der Waals surface area contributed by atoms with Gasteiger partial charge in [0.15, 0.2) is 0 Å². The van der Waals surface area contributed by atoms with Gasteiger partial charge in [-0.15, -0.1) is 0 Å². The van der Waals surface area contributed by atoms with Crippen molar-refractivity contribution < 1.29 is 9.59 Å². The Balaban J connectivity index is 1.52. The van der Waals surface area contributed by atoms with Crippen molar-refractivity contribution in [3.63, 3.8) is 0 Å². The van der Waals surface area contributed by atoms with Crippen LogP contribution in [0.15, 0.2) is 48.5 Å². The van der Waals surface area contributed by atoms with Crippen LogP contribution >= 0.6 is 0 Å². The lowest BCUT2D eigenvalue weighted by molar-refractivity contribution is -0.143. The number of amides is 2. The summed E-state index contributed by atoms with van der Waals surface area (Å²) in [4.78, 5) is 29.7. The van der Waals surface area contributed by atoms with Gasteiger partial charge in [-0.05, 0) is 54.7 Å². The van der Waals surface area contributed by atoms with Gasteiger partial charge in [0.05, 0.1) is 23.3 Å². The van der Waals surface area contributed by atoms with Crippen molar-refractivity contribution in [2.75, 3.05) is 19.6 Å². The highest BCUT2D eigenvalue weighted by Crippen LogP contribution is 2.18. The van der Waals surface area contributed by atoms with Crippen molar-refractivity contribution in [1.82, 2.24) is 9.80 Å². The minimum Gasteiger partial charge on any atom is -0.339 e. The lowest BCUT2D eigenvalue weighted by Crippen LogP contribution is -2.56. The molecule has 1 fully saturated rings. The minimum atomic E-state index is 0.0519. The zero-order chi connectivity index (χ0) is 23.6. The largest absolute Gasteiger partial charge is 0.339 e. The second-order valence-electron chi connectivity index (χ2n) is 8.49. The van der Waals surface area contributed by atoms with E-state index in [1.54, 1.807) is 24.3 Å². The fourth-order valence-corrected chi connectivity index (χ4v) is 4.29. The molecular formula is C27H30N4O2. The predicted octanol–water partition coefficient (Wildman–Crippen LogP) is 3.83. The average Bonchev–Trinajstić information content (AvgIpc) is 2.86. The number of piperazine rings is 1. The molecule has 170 valence electrons. The first kappa shape index (κ1) is 24.0. The molecule has 1 aliphatic rings. The van der Waals surface area contributed by atoms with Gasteiger partial charge in [0.25, 0.3) is 0 Å². The summed E-state index contributed by atoms with van der Waals surface area (Å²) < 4.78 is 0. The van der Waals surface area contributed by atoms with E-state index < -0.39 is 0 Å². The summed E-state index contributed by atoms with van der Waals surface area (Å²) in [5.41, 5.74) is 3.33. The Morgan fingerprint density at radius 2 is 1.36 bits per heavy atom. The first-order valence-corrected chi connectivity index (χ1v) is 11.6. The smallest absolute Gasteiger partial charge is 0.223 e. The molecule has 2 aromatic rings. The van der Waals surface area contributed by atoms with Gasteiger partial charge in [0, 0.05) is 38.5 Å². The normalized spacial score (nSPS) is 15.5. The number of benzene rings is 2. The maximum atomic E-state index is 13.0. The van der Waals surface area contributed by atoms with E-state index in [9.17, 15) is 9.59 Å². The van der Waals surface area contributed by atoms with Crippen LogP contribution in [0.4, 0.5) is 0 Å². The lowest BCUT2D eigenvalue weighted by atomic mass is 10.0. The number of rotatable bonds is 8. The van der Waals surface area contributed by atoms with E-state index in [0.717, 1.165) is 24.0 Å². The second-order valence-corrected chi connectivity index (χ2v) is 8.49. The number of hydrogen-bond acceptors (Lipinski definition) is 4. The first-order chi connectivity index (χ1) is 16.0. The SMILES string of the molecule is CCC[C@@H]1CN(C(=O)CCc2ccc(C#N)cc2)CCN1C(=O)CCc1ccc(C#N)cc1. The predicted molar refractivity (Wildman–Crippen MR) is 126 cm³/mol. The van der Waals surface area contributed by atoms with E-state index in [-0.39, 0.29) is 17.9 Å². The molecule has 1 heterocycles. The molecule has 0 unspecified atom stereocenters. The Labute approximate surface area is 196 Å². The van der Waals surface area contributed by atoms with Gasteiger partial charge in [-0.1, -0.05) is 37.6 Å². The number of nitrogens with zero attached hydrogens (tertiary/aromatic N) is 4. The van der Waals surface area contributed by atoms with Crippen molar-refractivity contribution in [3.05, 3.63) is 70.8 Å². The average molecular weight is 443 g/mol. The van der Waals surface area contributed by atoms with Crippen LogP contribution in [-0.4, -0.2) is 47.3 Å². The third-order valence-corrected chi connectivity index (χ3v) is 6.20. The van der Waals surface area contributed by atoms with Crippen LogP contribution in [0.1, 0.15) is 54.9 Å². The third kappa shape index (κ3) is 6.67. The number of aryl methyl sites for hydroxylation is 2. The highest BCUT2D eigenvalue weighted by molar-refractivity contribution is 5.79. The summed E-state index contributed by atoms with van der Waals surface area (Å²) in [5, 5.41) is 17.8. The molecule has 1 aliphatic heterocycles. The first-order valence-electron chi connectivity index (χ1n) is 11.6. The van der Waals surface area contributed by atoms with Crippen LogP contribution in [0.2, 0.25) is 0 Å². The van der Waals surface area contributed by atoms with E-state index in [0.29, 0.717) is 56.4 Å². The molecule has 1 atom stereocenters. The highest BCUT2D eigenvalue weighted by Gasteiger charge is 2.31. The summed E-state index contributed by atoms with van der Waals surface area (Å²) in [6.45, 7) is 3.82. The Hall–Kier alpha value is -3.64. The molecule has 6 heteroatoms. The molecule has 3 rings (SSSR count). The van der Waals surface area contributed by atoms with Gasteiger partial charge in [0.2, 0.25) is 11.8 Å². The Morgan fingerprint density at radius 3 is 1.85 bits per heavy atom. The van der Waals surface area contributed by atoms with E-state index in [1.807, 2.05) is 34.1 Å². The number of nitriles is 2. The molecule has 0 radical (unpaired) electrons. The molecule has 0 aromatic heterocycles. The third-order valence-electron chi connectivity index (χ3n) is 6.20. The van der Waals surface area contributed by atoms with E-state index in [1.165, 1.54) is 0 Å². The summed E-state index contributed by atoms with van der Waals surface area (Å²) in [7, 11) is 0. The topological polar surface area (TPSA) is 88.2 Å². The molecule has 33 heavy (non-hydrogen) atoms. The summed E-state index contributed by atoms with van der Waals surface area (Å²) in [6, 6.07) is 19.0. The van der Waals surface area contributed by atoms with E-state index >= 15 is 0 Å². The quantitative estimate of drug-likeness (QED) is 0.621. The van der Waals surface area contributed by atoms with Crippen molar-refractivity contribution in [2.45, 2.75) is 51.5 Å².